The summed E-state index contributed by atoms with van der Waals surface area (Å²) < 4.78 is 63.7. The van der Waals surface area contributed by atoms with Crippen LogP contribution in [-0.4, -0.2) is 18.5 Å². The molecule has 0 bridgehead atoms. The topological polar surface area (TPSA) is 63.6 Å². The summed E-state index contributed by atoms with van der Waals surface area (Å²) in [5.41, 5.74) is 0.530. The van der Waals surface area contributed by atoms with Gasteiger partial charge in [0.05, 0.1) is 0 Å². The highest BCUT2D eigenvalue weighted by Crippen LogP contribution is 2.40. The number of hydrogen-bond donors (Lipinski definition) is 1. The van der Waals surface area contributed by atoms with E-state index < -0.39 is 15.6 Å². The smallest absolute Gasteiger partial charge is 0.457 e. The Balaban J connectivity index is 0.000000410. The van der Waals surface area contributed by atoms with Crippen LogP contribution < -0.4 is 4.74 Å². The summed E-state index contributed by atoms with van der Waals surface area (Å²) >= 11 is 1.77. The van der Waals surface area contributed by atoms with Crippen molar-refractivity contribution in [1.82, 2.24) is 0 Å². The maximum absolute atomic E-state index is 10.7. The zero-order chi connectivity index (χ0) is 27.2. The first-order chi connectivity index (χ1) is 18.1. The zero-order valence-electron chi connectivity index (χ0n) is 20.2. The molecule has 1 N–H and O–H groups in total. The van der Waals surface area contributed by atoms with Crippen LogP contribution in [0.25, 0.3) is 32.7 Å². The van der Waals surface area contributed by atoms with Crippen molar-refractivity contribution in [2.45, 2.75) is 5.51 Å². The molecule has 0 atom stereocenters. The van der Waals surface area contributed by atoms with E-state index in [2.05, 4.69) is 84.2 Å². The van der Waals surface area contributed by atoms with E-state index in [4.69, 9.17) is 17.7 Å². The van der Waals surface area contributed by atoms with Crippen LogP contribution in [0.5, 0.6) is 11.5 Å². The van der Waals surface area contributed by atoms with E-state index in [0.29, 0.717) is 0 Å². The third-order valence-electron chi connectivity index (χ3n) is 5.32. The maximum atomic E-state index is 10.7. The molecule has 5 rings (SSSR count). The van der Waals surface area contributed by atoms with Crippen LogP contribution in [0.3, 0.4) is 0 Å². The van der Waals surface area contributed by atoms with Crippen LogP contribution in [-0.2, 0) is 10.1 Å². The molecule has 0 amide bonds. The number of para-hydroxylation sites is 1. The summed E-state index contributed by atoms with van der Waals surface area (Å²) in [5, 5.41) is 2.23. The molecule has 0 radical (unpaired) electrons. The van der Waals surface area contributed by atoms with Crippen molar-refractivity contribution in [1.29, 1.82) is 0 Å². The van der Waals surface area contributed by atoms with E-state index in [9.17, 15) is 13.2 Å². The van der Waals surface area contributed by atoms with Gasteiger partial charge in [-0.05, 0) is 58.0 Å². The summed E-state index contributed by atoms with van der Waals surface area (Å²) in [6, 6.07) is 39.6. The van der Waals surface area contributed by atoms with Crippen LogP contribution >= 0.6 is 24.8 Å². The minimum absolute atomic E-state index is 0. The van der Waals surface area contributed by atoms with Crippen molar-refractivity contribution in [3.05, 3.63) is 121 Å². The van der Waals surface area contributed by atoms with Gasteiger partial charge in [-0.15, -0.1) is 11.3 Å². The molecule has 0 unspecified atom stereocenters. The fourth-order valence-electron chi connectivity index (χ4n) is 3.54. The molecule has 0 aliphatic heterocycles. The summed E-state index contributed by atoms with van der Waals surface area (Å²) in [4.78, 5) is 1.23. The number of ether oxygens (including phenoxy) is 1. The van der Waals surface area contributed by atoms with Gasteiger partial charge in [0, 0.05) is 10.4 Å². The zero-order valence-corrected chi connectivity index (χ0v) is 22.8. The first-order valence-electron chi connectivity index (χ1n) is 11.2. The summed E-state index contributed by atoms with van der Waals surface area (Å²) in [6.07, 6.45) is 0. The standard InChI is InChI=1S/C28H20OS.CHF3O3S.H2S/c1-4-10-21(11-5-1)23-18-28(30-20-23)27-19-25(29-24-14-8-3-9-15-24)16-17-26(27)22-12-6-2-7-13-22;2-1(3,4)8(5,6)7;/h1-20H;(H,5,6,7);1H2. The van der Waals surface area contributed by atoms with Crippen molar-refractivity contribution in [2.75, 3.05) is 0 Å². The second-order valence-electron chi connectivity index (χ2n) is 7.97. The molecule has 1 aromatic heterocycles. The van der Waals surface area contributed by atoms with E-state index in [1.54, 1.807) is 11.3 Å². The van der Waals surface area contributed by atoms with Gasteiger partial charge in [-0.25, -0.2) is 0 Å². The highest BCUT2D eigenvalue weighted by molar-refractivity contribution is 7.86. The molecule has 0 spiro atoms. The van der Waals surface area contributed by atoms with Crippen LogP contribution in [0.1, 0.15) is 0 Å². The lowest BCUT2D eigenvalue weighted by atomic mass is 9.97. The fourth-order valence-corrected chi connectivity index (χ4v) is 4.49. The van der Waals surface area contributed by atoms with Gasteiger partial charge in [-0.3, -0.25) is 4.55 Å². The molecule has 0 aliphatic carbocycles. The number of benzene rings is 4. The van der Waals surface area contributed by atoms with Gasteiger partial charge in [-0.1, -0.05) is 84.9 Å². The molecule has 0 saturated heterocycles. The highest BCUT2D eigenvalue weighted by Gasteiger charge is 2.44. The van der Waals surface area contributed by atoms with Gasteiger partial charge in [-0.2, -0.15) is 35.1 Å². The summed E-state index contributed by atoms with van der Waals surface area (Å²) in [7, 11) is -5.84. The molecule has 39 heavy (non-hydrogen) atoms. The van der Waals surface area contributed by atoms with Gasteiger partial charge in [0.15, 0.2) is 0 Å². The summed E-state index contributed by atoms with van der Waals surface area (Å²) in [5.74, 6) is 1.68. The van der Waals surface area contributed by atoms with Crippen LogP contribution in [0, 0.1) is 0 Å². The normalized spacial score (nSPS) is 11.1. The molecule has 4 aromatic carbocycles. The molecule has 5 aromatic rings. The number of hydrogen-bond acceptors (Lipinski definition) is 4. The third-order valence-corrected chi connectivity index (χ3v) is 6.87. The lowest BCUT2D eigenvalue weighted by Gasteiger charge is -2.12. The molecular weight excluding hydrogens is 566 g/mol. The number of alkyl halides is 3. The second kappa shape index (κ2) is 13.0. The average Bonchev–Trinajstić information content (AvgIpc) is 3.40. The van der Waals surface area contributed by atoms with Crippen molar-refractivity contribution in [3.8, 4) is 44.2 Å². The van der Waals surface area contributed by atoms with E-state index in [1.807, 2.05) is 36.4 Å². The van der Waals surface area contributed by atoms with E-state index in [-0.39, 0.29) is 13.5 Å². The predicted molar refractivity (Wildman–Crippen MR) is 155 cm³/mol. The first-order valence-corrected chi connectivity index (χ1v) is 13.5. The Kier molecular flexibility index (Phi) is 9.98. The Morgan fingerprint density at radius 2 is 1.15 bits per heavy atom. The Bertz CT molecular complexity index is 1590. The van der Waals surface area contributed by atoms with Gasteiger partial charge in [0.2, 0.25) is 0 Å². The Labute approximate surface area is 235 Å². The van der Waals surface area contributed by atoms with Crippen LogP contribution in [0.2, 0.25) is 0 Å². The number of halogens is 3. The van der Waals surface area contributed by atoms with E-state index >= 15 is 0 Å². The third kappa shape index (κ3) is 7.96. The van der Waals surface area contributed by atoms with Crippen LogP contribution in [0.4, 0.5) is 13.2 Å². The maximum Gasteiger partial charge on any atom is 0.522 e. The first kappa shape index (κ1) is 30.0. The molecule has 0 aliphatic rings. The van der Waals surface area contributed by atoms with Gasteiger partial charge in [0.25, 0.3) is 0 Å². The molecule has 0 saturated carbocycles. The predicted octanol–water partition coefficient (Wildman–Crippen LogP) is 9.05. The minimum atomic E-state index is -5.84. The summed E-state index contributed by atoms with van der Waals surface area (Å²) in [6.45, 7) is 0. The van der Waals surface area contributed by atoms with Gasteiger partial charge < -0.3 is 4.74 Å². The molecule has 1 heterocycles. The Morgan fingerprint density at radius 3 is 1.69 bits per heavy atom. The second-order valence-corrected chi connectivity index (χ2v) is 10.3. The van der Waals surface area contributed by atoms with Crippen molar-refractivity contribution < 1.29 is 30.9 Å². The molecule has 4 nitrogen and oxygen atoms in total. The lowest BCUT2D eigenvalue weighted by molar-refractivity contribution is -0.0510. The molecular formula is C29H23F3O4S3. The quantitative estimate of drug-likeness (QED) is 0.164. The van der Waals surface area contributed by atoms with Crippen LogP contribution in [0.15, 0.2) is 121 Å². The van der Waals surface area contributed by atoms with E-state index in [0.717, 1.165) is 11.5 Å². The Morgan fingerprint density at radius 1 is 0.641 bits per heavy atom. The minimum Gasteiger partial charge on any atom is -0.457 e. The molecule has 10 heteroatoms. The van der Waals surface area contributed by atoms with E-state index in [1.165, 1.54) is 32.7 Å². The average molecular weight is 589 g/mol. The number of thiophene rings is 1. The fraction of sp³-hybridized carbons (Fsp3) is 0.0345. The Hall–Kier alpha value is -3.57. The monoisotopic (exact) mass is 588 g/mol. The molecule has 202 valence electrons. The number of rotatable bonds is 5. The highest BCUT2D eigenvalue weighted by atomic mass is 32.2. The van der Waals surface area contributed by atoms with Gasteiger partial charge in [0.1, 0.15) is 11.5 Å². The van der Waals surface area contributed by atoms with Crippen molar-refractivity contribution >= 4 is 35.0 Å². The van der Waals surface area contributed by atoms with Crippen molar-refractivity contribution in [3.63, 3.8) is 0 Å². The lowest BCUT2D eigenvalue weighted by Crippen LogP contribution is -2.21. The van der Waals surface area contributed by atoms with Crippen molar-refractivity contribution in [2.24, 2.45) is 0 Å². The van der Waals surface area contributed by atoms with Gasteiger partial charge >= 0.3 is 15.6 Å². The SMILES string of the molecule is O=S(=O)(O)C(F)(F)F.S.c1ccc(Oc2ccc(-c3ccccc3)c(-c3cc(-c4ccccc4)cs3)c2)cc1. The molecule has 0 fully saturated rings. The largest absolute Gasteiger partial charge is 0.522 e.